The maximum Gasteiger partial charge on any atom is 0.257 e. The summed E-state index contributed by atoms with van der Waals surface area (Å²) >= 11 is 0. The molecule has 0 saturated carbocycles. The van der Waals surface area contributed by atoms with Gasteiger partial charge >= 0.3 is 0 Å². The summed E-state index contributed by atoms with van der Waals surface area (Å²) in [6, 6.07) is 14.9. The summed E-state index contributed by atoms with van der Waals surface area (Å²) in [4.78, 5) is 4.00. The smallest absolute Gasteiger partial charge is 0.257 e. The molecule has 0 atom stereocenters. The van der Waals surface area contributed by atoms with Crippen molar-refractivity contribution in [3.8, 4) is 22.8 Å². The van der Waals surface area contributed by atoms with Crippen LogP contribution in [0, 0.1) is 27.3 Å². The average molecular weight is 394 g/mol. The minimum Gasteiger partial charge on any atom is -0.449 e. The van der Waals surface area contributed by atoms with Crippen molar-refractivity contribution in [2.45, 2.75) is 40.2 Å². The van der Waals surface area contributed by atoms with E-state index in [4.69, 9.17) is 11.3 Å². The second-order valence-corrected chi connectivity index (χ2v) is 8.96. The molecule has 2 heterocycles. The Hall–Kier alpha value is -3.38. The first-order chi connectivity index (χ1) is 14.2. The van der Waals surface area contributed by atoms with Crippen LogP contribution in [-0.2, 0) is 12.6 Å². The Balaban J connectivity index is 2.08. The van der Waals surface area contributed by atoms with E-state index in [1.54, 1.807) is 0 Å². The average Bonchev–Trinajstić information content (AvgIpc) is 2.70. The number of benzene rings is 3. The van der Waals surface area contributed by atoms with Gasteiger partial charge in [0.15, 0.2) is 0 Å². The number of fused-ring (bicyclic) bond motifs is 3. The third-order valence-corrected chi connectivity index (χ3v) is 6.52. The topological polar surface area (TPSA) is 17.5 Å². The van der Waals surface area contributed by atoms with E-state index < -0.39 is 5.54 Å². The Bertz CT molecular complexity index is 1440. The number of ether oxygens (including phenoxy) is 1. The zero-order valence-corrected chi connectivity index (χ0v) is 18.3. The zero-order valence-electron chi connectivity index (χ0n) is 18.3. The molecule has 1 aliphatic heterocycles. The van der Waals surface area contributed by atoms with Gasteiger partial charge in [0.05, 0.1) is 16.5 Å². The highest BCUT2D eigenvalue weighted by atomic mass is 16.5. The molecule has 0 spiro atoms. The number of aryl methyl sites for hydroxylation is 3. The maximum absolute atomic E-state index is 7.92. The normalized spacial score (nSPS) is 12.6. The lowest BCUT2D eigenvalue weighted by Gasteiger charge is -2.26. The molecule has 0 saturated heterocycles. The van der Waals surface area contributed by atoms with Gasteiger partial charge in [0, 0.05) is 25.3 Å². The predicted molar refractivity (Wildman–Crippen MR) is 122 cm³/mol. The van der Waals surface area contributed by atoms with Gasteiger partial charge in [0.25, 0.3) is 11.2 Å². The van der Waals surface area contributed by atoms with E-state index in [-0.39, 0.29) is 0 Å². The first kappa shape index (κ1) is 18.6. The van der Waals surface area contributed by atoms with Crippen LogP contribution in [0.5, 0.6) is 11.5 Å². The van der Waals surface area contributed by atoms with Gasteiger partial charge in [-0.15, -0.1) is 0 Å². The van der Waals surface area contributed by atoms with Crippen LogP contribution >= 0.6 is 0 Å². The number of hydrogen-bond donors (Lipinski definition) is 0. The molecule has 0 bridgehead atoms. The molecular weight excluding hydrogens is 368 g/mol. The van der Waals surface area contributed by atoms with E-state index in [9.17, 15) is 0 Å². The Morgan fingerprint density at radius 3 is 2.50 bits per heavy atom. The second kappa shape index (κ2) is 6.06. The van der Waals surface area contributed by atoms with Gasteiger partial charge in [-0.05, 0) is 55.0 Å². The van der Waals surface area contributed by atoms with Gasteiger partial charge in [-0.2, -0.15) is 4.57 Å². The number of para-hydroxylation sites is 1. The molecule has 30 heavy (non-hydrogen) atoms. The van der Waals surface area contributed by atoms with E-state index in [0.29, 0.717) is 0 Å². The van der Waals surface area contributed by atoms with E-state index in [0.717, 1.165) is 39.0 Å². The molecule has 0 unspecified atom stereocenters. The van der Waals surface area contributed by atoms with Gasteiger partial charge in [-0.3, -0.25) is 0 Å². The summed E-state index contributed by atoms with van der Waals surface area (Å²) in [5.74, 6) is 1.69. The summed E-state index contributed by atoms with van der Waals surface area (Å²) in [6.07, 6.45) is 0. The van der Waals surface area contributed by atoms with Crippen molar-refractivity contribution >= 4 is 21.7 Å². The van der Waals surface area contributed by atoms with Crippen molar-refractivity contribution in [2.24, 2.45) is 7.05 Å². The van der Waals surface area contributed by atoms with E-state index >= 15 is 0 Å². The third-order valence-electron chi connectivity index (χ3n) is 6.52. The predicted octanol–water partition coefficient (Wildman–Crippen LogP) is 6.67. The van der Waals surface area contributed by atoms with Gasteiger partial charge in [-0.1, -0.05) is 24.3 Å². The van der Waals surface area contributed by atoms with Crippen LogP contribution in [0.1, 0.15) is 36.1 Å². The Labute approximate surface area is 177 Å². The highest BCUT2D eigenvalue weighted by molar-refractivity contribution is 6.06. The van der Waals surface area contributed by atoms with Crippen LogP contribution in [0.3, 0.4) is 0 Å². The zero-order chi connectivity index (χ0) is 21.4. The van der Waals surface area contributed by atoms with Crippen molar-refractivity contribution in [2.75, 3.05) is 0 Å². The molecule has 0 radical (unpaired) electrons. The second-order valence-electron chi connectivity index (χ2n) is 8.96. The van der Waals surface area contributed by atoms with E-state index in [1.165, 1.54) is 27.6 Å². The SMILES string of the molecule is [C-]#[N+]C(C)(C)c1c2c([n+](C)c3ccccc13)-c1c(C)c(C)cc3cc(C)cc(c13)O2. The molecule has 3 heteroatoms. The van der Waals surface area contributed by atoms with Crippen LogP contribution in [0.25, 0.3) is 37.8 Å². The molecule has 1 aliphatic rings. The maximum atomic E-state index is 7.92. The van der Waals surface area contributed by atoms with Gasteiger partial charge in [-0.25, -0.2) is 6.57 Å². The number of hydrogen-bond acceptors (Lipinski definition) is 1. The Morgan fingerprint density at radius 1 is 1.03 bits per heavy atom. The van der Waals surface area contributed by atoms with Crippen molar-refractivity contribution in [3.05, 3.63) is 76.1 Å². The van der Waals surface area contributed by atoms with Crippen LogP contribution in [-0.4, -0.2) is 0 Å². The first-order valence-corrected chi connectivity index (χ1v) is 10.3. The van der Waals surface area contributed by atoms with Crippen LogP contribution in [0.15, 0.2) is 42.5 Å². The standard InChI is InChI=1S/C27H25N2O/c1-15-12-18-14-16(2)17(3)22-23(18)21(13-15)30-26-24(27(4,5)28-6)19-10-8-9-11-20(19)29(7)25(22)26/h8-14H,1-5,7H3/q+1. The third kappa shape index (κ3) is 2.34. The number of aromatic nitrogens is 1. The molecule has 3 nitrogen and oxygen atoms in total. The van der Waals surface area contributed by atoms with Crippen molar-refractivity contribution in [1.29, 1.82) is 0 Å². The van der Waals surface area contributed by atoms with Crippen LogP contribution < -0.4 is 9.30 Å². The monoisotopic (exact) mass is 393 g/mol. The Kier molecular flexibility index (Phi) is 3.76. The molecule has 148 valence electrons. The van der Waals surface area contributed by atoms with Gasteiger partial charge in [0.1, 0.15) is 12.8 Å². The fraction of sp³-hybridized carbons (Fsp3) is 0.259. The van der Waals surface area contributed by atoms with Gasteiger partial charge < -0.3 is 9.58 Å². The summed E-state index contributed by atoms with van der Waals surface area (Å²) in [7, 11) is 2.10. The minimum atomic E-state index is -0.712. The molecule has 1 aromatic heterocycles. The number of nitrogens with zero attached hydrogens (tertiary/aromatic N) is 2. The highest BCUT2D eigenvalue weighted by Gasteiger charge is 2.42. The summed E-state index contributed by atoms with van der Waals surface area (Å²) in [6.45, 7) is 18.4. The molecule has 0 N–H and O–H groups in total. The lowest BCUT2D eigenvalue weighted by molar-refractivity contribution is -0.633. The Morgan fingerprint density at radius 2 is 1.77 bits per heavy atom. The molecule has 3 aromatic carbocycles. The van der Waals surface area contributed by atoms with Gasteiger partial charge in [0.2, 0.25) is 11.3 Å². The fourth-order valence-electron chi connectivity index (χ4n) is 4.91. The van der Waals surface area contributed by atoms with Crippen LogP contribution in [0.2, 0.25) is 0 Å². The quantitative estimate of drug-likeness (QED) is 0.230. The largest absolute Gasteiger partial charge is 0.449 e. The summed E-state index contributed by atoms with van der Waals surface area (Å²) in [5, 5.41) is 3.43. The summed E-state index contributed by atoms with van der Waals surface area (Å²) in [5.41, 5.74) is 7.33. The molecular formula is C27H25N2O+. The lowest BCUT2D eigenvalue weighted by Crippen LogP contribution is -2.35. The lowest BCUT2D eigenvalue weighted by atomic mass is 9.84. The van der Waals surface area contributed by atoms with Crippen molar-refractivity contribution in [1.82, 2.24) is 0 Å². The number of rotatable bonds is 1. The minimum absolute atomic E-state index is 0.712. The fourth-order valence-corrected chi connectivity index (χ4v) is 4.91. The van der Waals surface area contributed by atoms with Crippen molar-refractivity contribution < 1.29 is 9.30 Å². The summed E-state index contributed by atoms with van der Waals surface area (Å²) < 4.78 is 8.90. The van der Waals surface area contributed by atoms with Crippen molar-refractivity contribution in [3.63, 3.8) is 0 Å². The van der Waals surface area contributed by atoms with E-state index in [1.807, 2.05) is 19.9 Å². The van der Waals surface area contributed by atoms with Crippen LogP contribution in [0.4, 0.5) is 0 Å². The number of pyridine rings is 1. The highest BCUT2D eigenvalue weighted by Crippen LogP contribution is 2.52. The molecule has 0 aliphatic carbocycles. The molecule has 4 aromatic rings. The molecule has 5 rings (SSSR count). The van der Waals surface area contributed by atoms with E-state index in [2.05, 4.69) is 73.6 Å². The first-order valence-electron chi connectivity index (χ1n) is 10.3. The molecule has 0 fully saturated rings. The molecule has 0 amide bonds.